The SMILES string of the molecule is CCOC(=O)[C@H]1C[C@H]1CN(Cc1ccc(OCCn2c(O)ccc2O)c(OC)c1)C(C)c1ccc2c(c1)CCO2. The fraction of sp³-hybridized carbons (Fsp3) is 0.452. The number of ether oxygens (including phenoxy) is 4. The molecule has 1 aromatic heterocycles. The van der Waals surface area contributed by atoms with Gasteiger partial charge in [-0.05, 0) is 61.1 Å². The van der Waals surface area contributed by atoms with E-state index in [-0.39, 0.29) is 48.8 Å². The molecule has 9 heteroatoms. The van der Waals surface area contributed by atoms with Crippen molar-refractivity contribution in [1.29, 1.82) is 0 Å². The Kier molecular flexibility index (Phi) is 8.40. The molecular formula is C31H38N2O7. The van der Waals surface area contributed by atoms with Crippen LogP contribution in [0.2, 0.25) is 0 Å². The van der Waals surface area contributed by atoms with E-state index < -0.39 is 0 Å². The lowest BCUT2D eigenvalue weighted by Gasteiger charge is -2.30. The number of rotatable bonds is 13. The molecule has 2 aliphatic rings. The number of hydrogen-bond donors (Lipinski definition) is 2. The first-order chi connectivity index (χ1) is 19.4. The van der Waals surface area contributed by atoms with Crippen molar-refractivity contribution in [3.05, 3.63) is 65.2 Å². The van der Waals surface area contributed by atoms with E-state index in [0.717, 1.165) is 37.3 Å². The molecule has 0 radical (unpaired) electrons. The normalized spacial score (nSPS) is 18.2. The largest absolute Gasteiger partial charge is 0.494 e. The van der Waals surface area contributed by atoms with Crippen LogP contribution in [0, 0.1) is 11.8 Å². The van der Waals surface area contributed by atoms with Crippen LogP contribution in [0.15, 0.2) is 48.5 Å². The van der Waals surface area contributed by atoms with Crippen LogP contribution in [0.1, 0.15) is 43.0 Å². The molecule has 9 nitrogen and oxygen atoms in total. The highest BCUT2D eigenvalue weighted by Gasteiger charge is 2.45. The minimum Gasteiger partial charge on any atom is -0.494 e. The molecule has 40 heavy (non-hydrogen) atoms. The van der Waals surface area contributed by atoms with E-state index in [0.29, 0.717) is 24.7 Å². The lowest BCUT2D eigenvalue weighted by molar-refractivity contribution is -0.145. The second-order valence-corrected chi connectivity index (χ2v) is 10.5. The zero-order valence-electron chi connectivity index (χ0n) is 23.3. The van der Waals surface area contributed by atoms with Gasteiger partial charge >= 0.3 is 5.97 Å². The van der Waals surface area contributed by atoms with Crippen LogP contribution in [0.4, 0.5) is 0 Å². The number of carbonyl (C=O) groups is 1. The lowest BCUT2D eigenvalue weighted by atomic mass is 10.0. The van der Waals surface area contributed by atoms with E-state index in [2.05, 4.69) is 30.0 Å². The number of aromatic nitrogens is 1. The Morgan fingerprint density at radius 2 is 1.93 bits per heavy atom. The van der Waals surface area contributed by atoms with Crippen molar-refractivity contribution < 1.29 is 34.0 Å². The van der Waals surface area contributed by atoms with Crippen molar-refractivity contribution in [3.63, 3.8) is 0 Å². The number of nitrogens with zero attached hydrogens (tertiary/aromatic N) is 2. The Balaban J connectivity index is 1.30. The molecule has 2 N–H and O–H groups in total. The van der Waals surface area contributed by atoms with Crippen LogP contribution in [-0.4, -0.2) is 59.1 Å². The van der Waals surface area contributed by atoms with Crippen LogP contribution in [-0.2, 0) is 29.0 Å². The Labute approximate surface area is 234 Å². The molecule has 0 bridgehead atoms. The number of hydrogen-bond acceptors (Lipinski definition) is 8. The van der Waals surface area contributed by atoms with Crippen LogP contribution < -0.4 is 14.2 Å². The van der Waals surface area contributed by atoms with Crippen LogP contribution in [0.5, 0.6) is 29.0 Å². The van der Waals surface area contributed by atoms with Crippen LogP contribution in [0.25, 0.3) is 0 Å². The highest BCUT2D eigenvalue weighted by Crippen LogP contribution is 2.42. The summed E-state index contributed by atoms with van der Waals surface area (Å²) >= 11 is 0. The predicted molar refractivity (Wildman–Crippen MR) is 149 cm³/mol. The van der Waals surface area contributed by atoms with Crippen LogP contribution in [0.3, 0.4) is 0 Å². The summed E-state index contributed by atoms with van der Waals surface area (Å²) in [6, 6.07) is 15.3. The van der Waals surface area contributed by atoms with Gasteiger partial charge in [-0.15, -0.1) is 0 Å². The maximum atomic E-state index is 12.3. The molecule has 3 aromatic rings. The van der Waals surface area contributed by atoms with Gasteiger partial charge in [0.15, 0.2) is 23.3 Å². The van der Waals surface area contributed by atoms with E-state index in [1.165, 1.54) is 27.8 Å². The van der Waals surface area contributed by atoms with Crippen molar-refractivity contribution in [2.24, 2.45) is 11.8 Å². The quantitative estimate of drug-likeness (QED) is 0.296. The molecule has 3 atom stereocenters. The molecule has 1 unspecified atom stereocenters. The highest BCUT2D eigenvalue weighted by atomic mass is 16.5. The van der Waals surface area contributed by atoms with Gasteiger partial charge in [0.05, 0.1) is 32.8 Å². The Bertz CT molecular complexity index is 1320. The van der Waals surface area contributed by atoms with Gasteiger partial charge in [-0.25, -0.2) is 0 Å². The first kappa shape index (κ1) is 27.7. The molecular weight excluding hydrogens is 512 g/mol. The average molecular weight is 551 g/mol. The van der Waals surface area contributed by atoms with E-state index in [1.807, 2.05) is 25.1 Å². The molecule has 0 amide bonds. The third-order valence-electron chi connectivity index (χ3n) is 7.85. The number of aromatic hydroxyl groups is 2. The second kappa shape index (κ2) is 12.1. The van der Waals surface area contributed by atoms with Gasteiger partial charge in [-0.1, -0.05) is 18.2 Å². The molecule has 0 spiro atoms. The summed E-state index contributed by atoms with van der Waals surface area (Å²) < 4.78 is 23.9. The van der Waals surface area contributed by atoms with Gasteiger partial charge in [-0.2, -0.15) is 0 Å². The highest BCUT2D eigenvalue weighted by molar-refractivity contribution is 5.75. The van der Waals surface area contributed by atoms with Gasteiger partial charge in [0, 0.05) is 37.7 Å². The van der Waals surface area contributed by atoms with E-state index in [1.54, 1.807) is 7.11 Å². The molecule has 2 heterocycles. The van der Waals surface area contributed by atoms with Crippen molar-refractivity contribution in [2.45, 2.75) is 45.8 Å². The molecule has 214 valence electrons. The van der Waals surface area contributed by atoms with E-state index in [4.69, 9.17) is 18.9 Å². The number of esters is 1. The molecule has 1 aliphatic heterocycles. The summed E-state index contributed by atoms with van der Waals surface area (Å²) in [5.41, 5.74) is 3.53. The molecule has 5 rings (SSSR count). The minimum atomic E-state index is -0.0977. The number of carbonyl (C=O) groups excluding carboxylic acids is 1. The number of methoxy groups -OCH3 is 1. The van der Waals surface area contributed by atoms with Gasteiger partial charge in [0.25, 0.3) is 0 Å². The second-order valence-electron chi connectivity index (χ2n) is 10.5. The smallest absolute Gasteiger partial charge is 0.309 e. The van der Waals surface area contributed by atoms with E-state index in [9.17, 15) is 15.0 Å². The average Bonchev–Trinajstić information content (AvgIpc) is 3.44. The van der Waals surface area contributed by atoms with Crippen LogP contribution >= 0.6 is 0 Å². The zero-order valence-corrected chi connectivity index (χ0v) is 23.3. The third-order valence-corrected chi connectivity index (χ3v) is 7.85. The van der Waals surface area contributed by atoms with Crippen molar-refractivity contribution in [2.75, 3.05) is 33.5 Å². The topological polar surface area (TPSA) is 103 Å². The maximum absolute atomic E-state index is 12.3. The Morgan fingerprint density at radius 1 is 1.12 bits per heavy atom. The van der Waals surface area contributed by atoms with Gasteiger partial charge in [-0.3, -0.25) is 14.3 Å². The predicted octanol–water partition coefficient (Wildman–Crippen LogP) is 4.68. The van der Waals surface area contributed by atoms with E-state index >= 15 is 0 Å². The van der Waals surface area contributed by atoms with Gasteiger partial charge in [0.2, 0.25) is 0 Å². The molecule has 1 aliphatic carbocycles. The Hall–Kier alpha value is -3.85. The minimum absolute atomic E-state index is 0.0191. The maximum Gasteiger partial charge on any atom is 0.309 e. The summed E-state index contributed by atoms with van der Waals surface area (Å²) in [5.74, 6) is 2.26. The summed E-state index contributed by atoms with van der Waals surface area (Å²) in [6.07, 6.45) is 1.77. The summed E-state index contributed by atoms with van der Waals surface area (Å²) in [6.45, 7) is 7.16. The first-order valence-corrected chi connectivity index (χ1v) is 13.9. The molecule has 2 aromatic carbocycles. The van der Waals surface area contributed by atoms with Gasteiger partial charge in [0.1, 0.15) is 12.4 Å². The Morgan fingerprint density at radius 3 is 2.67 bits per heavy atom. The van der Waals surface area contributed by atoms with Gasteiger partial charge < -0.3 is 29.2 Å². The molecule has 1 fully saturated rings. The van der Waals surface area contributed by atoms with Crippen molar-refractivity contribution in [3.8, 4) is 29.0 Å². The summed E-state index contributed by atoms with van der Waals surface area (Å²) in [4.78, 5) is 14.7. The summed E-state index contributed by atoms with van der Waals surface area (Å²) in [5, 5.41) is 19.7. The number of benzene rings is 2. The first-order valence-electron chi connectivity index (χ1n) is 13.9. The zero-order chi connectivity index (χ0) is 28.2. The van der Waals surface area contributed by atoms with Crippen molar-refractivity contribution in [1.82, 2.24) is 9.47 Å². The third kappa shape index (κ3) is 6.14. The number of fused-ring (bicyclic) bond motifs is 1. The fourth-order valence-corrected chi connectivity index (χ4v) is 5.41. The standard InChI is InChI=1S/C31H38N2O7/c1-4-38-31(36)25-17-24(25)19-32(20(2)22-6-8-26-23(16-22)11-13-39-26)18-21-5-7-27(28(15-21)37-3)40-14-12-33-29(34)9-10-30(33)35/h5-10,15-16,20,24-25,34-35H,4,11-14,17-19H2,1-3H3/t20?,24-,25-/m0/s1. The molecule has 1 saturated carbocycles. The molecule has 0 saturated heterocycles. The fourth-order valence-electron chi connectivity index (χ4n) is 5.41. The lowest BCUT2D eigenvalue weighted by Crippen LogP contribution is -2.30. The van der Waals surface area contributed by atoms with Crippen molar-refractivity contribution >= 4 is 5.97 Å². The summed E-state index contributed by atoms with van der Waals surface area (Å²) in [7, 11) is 1.61. The monoisotopic (exact) mass is 550 g/mol.